The summed E-state index contributed by atoms with van der Waals surface area (Å²) in [6, 6.07) is 19.0. The standard InChI is InChI=1S/C37H40Br4N6O11S2/c38-25-15-23(16-26(39)19-25)21-57-29-5-9-31(10-6-29)59(53,54)46-33(35(48)44-51)3-1-13-42-37(50)43-14-2-4-34(36(49)45-52)47-60(55,56)32-11-7-30(8-12-32)58-22-24-17-27(40)20-28(41)18-24/h5-12,15-20,33-34,46-47,51-52H,1-4,13-14,21-22H2,(H,44,48)(H,45,49)(H2,42,43,50)/t33-,34-/m1/s1. The van der Waals surface area contributed by atoms with Crippen LogP contribution in [-0.4, -0.2) is 70.3 Å². The molecule has 0 aliphatic carbocycles. The Morgan fingerprint density at radius 3 is 1.20 bits per heavy atom. The minimum absolute atomic E-state index is 0.00432. The number of nitrogens with one attached hydrogen (secondary N) is 6. The Bertz CT molecular complexity index is 2130. The first-order valence-electron chi connectivity index (χ1n) is 17.8. The van der Waals surface area contributed by atoms with Crippen molar-refractivity contribution in [3.63, 3.8) is 0 Å². The van der Waals surface area contributed by atoms with Crippen LogP contribution in [-0.2, 0) is 42.8 Å². The molecule has 8 N–H and O–H groups in total. The Labute approximate surface area is 380 Å². The van der Waals surface area contributed by atoms with Gasteiger partial charge in [0.15, 0.2) is 0 Å². The number of hydroxylamine groups is 2. The molecular formula is C37H40Br4N6O11S2. The van der Waals surface area contributed by atoms with Gasteiger partial charge in [0.05, 0.1) is 9.79 Å². The Balaban J connectivity index is 1.19. The number of carbonyl (C=O) groups is 3. The van der Waals surface area contributed by atoms with Crippen molar-refractivity contribution in [3.8, 4) is 11.5 Å². The number of ether oxygens (including phenoxy) is 2. The summed E-state index contributed by atoms with van der Waals surface area (Å²) in [6.07, 6.45) is 0.0204. The second-order valence-electron chi connectivity index (χ2n) is 12.8. The van der Waals surface area contributed by atoms with E-state index in [1.54, 1.807) is 0 Å². The molecule has 0 fully saturated rings. The van der Waals surface area contributed by atoms with Crippen LogP contribution >= 0.6 is 63.7 Å². The van der Waals surface area contributed by atoms with Crippen molar-refractivity contribution in [1.82, 2.24) is 31.0 Å². The lowest BCUT2D eigenvalue weighted by Gasteiger charge is -2.18. The topological polar surface area (TPSA) is 251 Å². The molecule has 60 heavy (non-hydrogen) atoms. The summed E-state index contributed by atoms with van der Waals surface area (Å²) in [6.45, 7) is 0.458. The van der Waals surface area contributed by atoms with Gasteiger partial charge < -0.3 is 20.1 Å². The van der Waals surface area contributed by atoms with E-state index in [2.05, 4.69) is 83.8 Å². The fraction of sp³-hybridized carbons (Fsp3) is 0.270. The molecule has 0 heterocycles. The monoisotopic (exact) mass is 1120 g/mol. The number of hydrogen-bond donors (Lipinski definition) is 8. The minimum Gasteiger partial charge on any atom is -0.489 e. The van der Waals surface area contributed by atoms with Gasteiger partial charge in [0, 0.05) is 31.0 Å². The van der Waals surface area contributed by atoms with Gasteiger partial charge in [-0.1, -0.05) is 63.7 Å². The predicted molar refractivity (Wildman–Crippen MR) is 233 cm³/mol. The molecular weight excluding hydrogens is 1090 g/mol. The Morgan fingerprint density at radius 1 is 0.550 bits per heavy atom. The maximum Gasteiger partial charge on any atom is 0.314 e. The zero-order valence-electron chi connectivity index (χ0n) is 31.3. The molecule has 0 bridgehead atoms. The van der Waals surface area contributed by atoms with Gasteiger partial charge in [-0.15, -0.1) is 0 Å². The van der Waals surface area contributed by atoms with Crippen molar-refractivity contribution in [3.05, 3.63) is 114 Å². The molecule has 0 spiro atoms. The molecule has 324 valence electrons. The number of carbonyl (C=O) groups excluding carboxylic acids is 3. The normalized spacial score (nSPS) is 12.5. The summed E-state index contributed by atoms with van der Waals surface area (Å²) in [5.41, 5.74) is 4.63. The van der Waals surface area contributed by atoms with E-state index >= 15 is 0 Å². The summed E-state index contributed by atoms with van der Waals surface area (Å²) in [7, 11) is -8.44. The lowest BCUT2D eigenvalue weighted by atomic mass is 10.1. The Kier molecular flexibility index (Phi) is 19.2. The van der Waals surface area contributed by atoms with Crippen molar-refractivity contribution >= 4 is 102 Å². The van der Waals surface area contributed by atoms with Crippen molar-refractivity contribution in [2.24, 2.45) is 0 Å². The van der Waals surface area contributed by atoms with Crippen LogP contribution in [0.1, 0.15) is 36.8 Å². The lowest BCUT2D eigenvalue weighted by Crippen LogP contribution is -2.46. The SMILES string of the molecule is O=C(NCCC[C@@H](NS(=O)(=O)c1ccc(OCc2cc(Br)cc(Br)c2)cc1)C(=O)NO)NCCC[C@@H](NS(=O)(=O)c1ccc(OCc2cc(Br)cc(Br)c2)cc1)C(=O)NO. The van der Waals surface area contributed by atoms with Crippen LogP contribution in [0.25, 0.3) is 0 Å². The van der Waals surface area contributed by atoms with E-state index in [1.807, 2.05) is 36.4 Å². The zero-order valence-corrected chi connectivity index (χ0v) is 39.3. The third-order valence-corrected chi connectivity index (χ3v) is 13.1. The van der Waals surface area contributed by atoms with Crippen LogP contribution in [0, 0.1) is 0 Å². The molecule has 4 rings (SSSR count). The van der Waals surface area contributed by atoms with Crippen LogP contribution in [0.4, 0.5) is 4.79 Å². The van der Waals surface area contributed by atoms with Crippen molar-refractivity contribution in [2.45, 2.75) is 60.8 Å². The summed E-state index contributed by atoms with van der Waals surface area (Å²) in [4.78, 5) is 36.8. The fourth-order valence-corrected chi connectivity index (χ4v) is 10.6. The Morgan fingerprint density at radius 2 is 0.883 bits per heavy atom. The number of urea groups is 1. The predicted octanol–water partition coefficient (Wildman–Crippen LogP) is 5.76. The number of amides is 4. The first-order chi connectivity index (χ1) is 28.5. The van der Waals surface area contributed by atoms with E-state index in [1.165, 1.54) is 59.5 Å². The van der Waals surface area contributed by atoms with Gasteiger partial charge >= 0.3 is 6.03 Å². The first-order valence-corrected chi connectivity index (χ1v) is 23.9. The molecule has 4 amide bonds. The van der Waals surface area contributed by atoms with Crippen molar-refractivity contribution < 1.29 is 51.1 Å². The third-order valence-electron chi connectivity index (χ3n) is 8.28. The highest BCUT2D eigenvalue weighted by atomic mass is 79.9. The largest absolute Gasteiger partial charge is 0.489 e. The second kappa shape index (κ2) is 23.5. The van der Waals surface area contributed by atoms with Crippen LogP contribution < -0.4 is 40.5 Å². The van der Waals surface area contributed by atoms with Gasteiger partial charge in [-0.25, -0.2) is 32.6 Å². The molecule has 0 unspecified atom stereocenters. The lowest BCUT2D eigenvalue weighted by molar-refractivity contribution is -0.131. The van der Waals surface area contributed by atoms with Crippen molar-refractivity contribution in [1.29, 1.82) is 0 Å². The number of sulfonamides is 2. The third kappa shape index (κ3) is 16.0. The number of benzene rings is 4. The van der Waals surface area contributed by atoms with Gasteiger partial charge in [0.2, 0.25) is 20.0 Å². The molecule has 0 radical (unpaired) electrons. The highest BCUT2D eigenvalue weighted by molar-refractivity contribution is 9.11. The molecule has 0 saturated heterocycles. The average Bonchev–Trinajstić information content (AvgIpc) is 3.20. The quantitative estimate of drug-likeness (QED) is 0.0267. The van der Waals surface area contributed by atoms with Crippen LogP contribution in [0.15, 0.2) is 113 Å². The van der Waals surface area contributed by atoms with E-state index < -0.39 is 50.0 Å². The molecule has 17 nitrogen and oxygen atoms in total. The second-order valence-corrected chi connectivity index (χ2v) is 19.9. The van der Waals surface area contributed by atoms with Gasteiger partial charge in [-0.3, -0.25) is 20.0 Å². The molecule has 4 aromatic carbocycles. The fourth-order valence-electron chi connectivity index (χ4n) is 5.38. The Hall–Kier alpha value is -3.65. The summed E-state index contributed by atoms with van der Waals surface area (Å²) >= 11 is 13.7. The van der Waals surface area contributed by atoms with E-state index in [9.17, 15) is 41.6 Å². The van der Waals surface area contributed by atoms with E-state index in [0.717, 1.165) is 29.0 Å². The number of hydrogen-bond acceptors (Lipinski definition) is 11. The summed E-state index contributed by atoms with van der Waals surface area (Å²) < 4.78 is 71.8. The maximum absolute atomic E-state index is 13.1. The number of rotatable bonds is 22. The maximum atomic E-state index is 13.1. The molecule has 0 aliphatic rings. The highest BCUT2D eigenvalue weighted by Crippen LogP contribution is 2.24. The highest BCUT2D eigenvalue weighted by Gasteiger charge is 2.27. The smallest absolute Gasteiger partial charge is 0.314 e. The number of halogens is 4. The van der Waals surface area contributed by atoms with Crippen LogP contribution in [0.2, 0.25) is 0 Å². The van der Waals surface area contributed by atoms with Gasteiger partial charge in [0.25, 0.3) is 11.8 Å². The summed E-state index contributed by atoms with van der Waals surface area (Å²) in [5, 5.41) is 23.5. The summed E-state index contributed by atoms with van der Waals surface area (Å²) in [5.74, 6) is -1.20. The average molecular weight is 1130 g/mol. The van der Waals surface area contributed by atoms with Crippen LogP contribution in [0.5, 0.6) is 11.5 Å². The molecule has 4 aromatic rings. The van der Waals surface area contributed by atoms with E-state index in [0.29, 0.717) is 11.5 Å². The molecule has 0 aromatic heterocycles. The zero-order chi connectivity index (χ0) is 43.9. The van der Waals surface area contributed by atoms with Gasteiger partial charge in [0.1, 0.15) is 36.8 Å². The van der Waals surface area contributed by atoms with Gasteiger partial charge in [-0.05, 0) is 122 Å². The van der Waals surface area contributed by atoms with Crippen LogP contribution in [0.3, 0.4) is 0 Å². The minimum atomic E-state index is -4.22. The molecule has 0 saturated carbocycles. The van der Waals surface area contributed by atoms with E-state index in [-0.39, 0.29) is 61.8 Å². The molecule has 2 atom stereocenters. The molecule has 23 heteroatoms. The van der Waals surface area contributed by atoms with Gasteiger partial charge in [-0.2, -0.15) is 9.44 Å². The molecule has 0 aliphatic heterocycles. The van der Waals surface area contributed by atoms with E-state index in [4.69, 9.17) is 9.47 Å². The first kappa shape index (κ1) is 49.0. The van der Waals surface area contributed by atoms with Crippen molar-refractivity contribution in [2.75, 3.05) is 13.1 Å².